The molecule has 0 aliphatic heterocycles. The lowest BCUT2D eigenvalue weighted by atomic mass is 10.1. The van der Waals surface area contributed by atoms with Crippen LogP contribution in [0.3, 0.4) is 0 Å². The van der Waals surface area contributed by atoms with Crippen molar-refractivity contribution in [2.75, 3.05) is 4.90 Å². The predicted molar refractivity (Wildman–Crippen MR) is 112 cm³/mol. The van der Waals surface area contributed by atoms with Crippen molar-refractivity contribution in [3.05, 3.63) is 88.3 Å². The largest absolute Gasteiger partial charge is 0.291 e. The first-order chi connectivity index (χ1) is 14.6. The monoisotopic (exact) mass is 401 g/mol. The van der Waals surface area contributed by atoms with E-state index in [-0.39, 0.29) is 5.95 Å². The average Bonchev–Trinajstić information content (AvgIpc) is 3.19. The molecule has 2 aromatic heterocycles. The number of imide groups is 1. The summed E-state index contributed by atoms with van der Waals surface area (Å²) in [5.41, 5.74) is 0.449. The number of aryl methyl sites for hydroxylation is 1. The highest BCUT2D eigenvalue weighted by Gasteiger charge is 2.29. The molecule has 8 heteroatoms. The second-order valence-electron chi connectivity index (χ2n) is 6.67. The van der Waals surface area contributed by atoms with Crippen LogP contribution in [0.2, 0.25) is 0 Å². The van der Waals surface area contributed by atoms with Crippen LogP contribution in [0.25, 0.3) is 11.0 Å². The van der Waals surface area contributed by atoms with Crippen molar-refractivity contribution in [3.63, 3.8) is 0 Å². The molecule has 8 nitrogen and oxygen atoms in total. The Labute approximate surface area is 171 Å². The third-order valence-electron chi connectivity index (χ3n) is 4.59. The summed E-state index contributed by atoms with van der Waals surface area (Å²) in [5, 5.41) is 4.50. The van der Waals surface area contributed by atoms with E-state index in [2.05, 4.69) is 15.1 Å². The van der Waals surface area contributed by atoms with Gasteiger partial charge in [-0.05, 0) is 30.7 Å². The number of rotatable bonds is 5. The van der Waals surface area contributed by atoms with Gasteiger partial charge in [0.15, 0.2) is 5.65 Å². The molecule has 0 aliphatic carbocycles. The average molecular weight is 401 g/mol. The van der Waals surface area contributed by atoms with Gasteiger partial charge in [-0.15, -0.1) is 0 Å². The van der Waals surface area contributed by atoms with E-state index in [0.717, 1.165) is 11.3 Å². The molecule has 0 unspecified atom stereocenters. The third kappa shape index (κ3) is 3.50. The van der Waals surface area contributed by atoms with E-state index in [1.54, 1.807) is 65.3 Å². The SMILES string of the molecule is CCCn1ncc2c(=O)[nH]c(N(C(=O)c3ccccc3)C(=O)c3ccccc3)nc21. The van der Waals surface area contributed by atoms with Gasteiger partial charge in [-0.25, -0.2) is 9.58 Å². The van der Waals surface area contributed by atoms with Gasteiger partial charge in [0.05, 0.1) is 6.20 Å². The molecule has 0 fully saturated rings. The van der Waals surface area contributed by atoms with Crippen molar-refractivity contribution in [2.24, 2.45) is 0 Å². The van der Waals surface area contributed by atoms with Crippen molar-refractivity contribution in [1.29, 1.82) is 0 Å². The van der Waals surface area contributed by atoms with Crippen molar-refractivity contribution in [1.82, 2.24) is 19.7 Å². The predicted octanol–water partition coefficient (Wildman–Crippen LogP) is 3.02. The number of anilines is 1. The number of fused-ring (bicyclic) bond motifs is 1. The van der Waals surface area contributed by atoms with Gasteiger partial charge in [-0.2, -0.15) is 10.1 Å². The van der Waals surface area contributed by atoms with E-state index in [4.69, 9.17) is 0 Å². The summed E-state index contributed by atoms with van der Waals surface area (Å²) >= 11 is 0. The Balaban J connectivity index is 1.89. The van der Waals surface area contributed by atoms with Crippen LogP contribution in [0.1, 0.15) is 34.1 Å². The highest BCUT2D eigenvalue weighted by molar-refractivity contribution is 6.25. The van der Waals surface area contributed by atoms with Gasteiger partial charge in [0.1, 0.15) is 5.39 Å². The minimum Gasteiger partial charge on any atom is -0.291 e. The maximum atomic E-state index is 13.3. The molecule has 0 saturated heterocycles. The van der Waals surface area contributed by atoms with Crippen LogP contribution in [0.4, 0.5) is 5.95 Å². The van der Waals surface area contributed by atoms with E-state index in [0.29, 0.717) is 28.7 Å². The molecule has 2 heterocycles. The number of nitrogens with one attached hydrogen (secondary N) is 1. The molecule has 4 rings (SSSR count). The van der Waals surface area contributed by atoms with Crippen molar-refractivity contribution >= 4 is 28.8 Å². The fraction of sp³-hybridized carbons (Fsp3) is 0.136. The number of carbonyl (C=O) groups is 2. The molecule has 2 amide bonds. The number of H-pyrrole nitrogens is 1. The zero-order chi connectivity index (χ0) is 21.1. The van der Waals surface area contributed by atoms with Crippen LogP contribution in [0.15, 0.2) is 71.7 Å². The van der Waals surface area contributed by atoms with E-state index in [1.165, 1.54) is 6.20 Å². The van der Waals surface area contributed by atoms with Gasteiger partial charge < -0.3 is 0 Å². The summed E-state index contributed by atoms with van der Waals surface area (Å²) in [7, 11) is 0. The molecular weight excluding hydrogens is 382 g/mol. The second-order valence-corrected chi connectivity index (χ2v) is 6.67. The van der Waals surface area contributed by atoms with Gasteiger partial charge in [0.2, 0.25) is 5.95 Å². The number of carbonyl (C=O) groups excluding carboxylic acids is 2. The molecule has 1 N–H and O–H groups in total. The Kier molecular flexibility index (Phi) is 5.21. The van der Waals surface area contributed by atoms with E-state index in [1.807, 2.05) is 6.92 Å². The number of amides is 2. The molecule has 0 bridgehead atoms. The molecule has 4 aromatic rings. The maximum Gasteiger partial charge on any atom is 0.267 e. The summed E-state index contributed by atoms with van der Waals surface area (Å²) in [5.74, 6) is -1.32. The van der Waals surface area contributed by atoms with Gasteiger partial charge in [-0.3, -0.25) is 19.4 Å². The van der Waals surface area contributed by atoms with Crippen molar-refractivity contribution in [3.8, 4) is 0 Å². The lowest BCUT2D eigenvalue weighted by Crippen LogP contribution is -2.39. The Bertz CT molecular complexity index is 1210. The smallest absolute Gasteiger partial charge is 0.267 e. The Morgan fingerprint density at radius 3 is 2.07 bits per heavy atom. The van der Waals surface area contributed by atoms with E-state index >= 15 is 0 Å². The van der Waals surface area contributed by atoms with Crippen LogP contribution >= 0.6 is 0 Å². The highest BCUT2D eigenvalue weighted by atomic mass is 16.2. The Morgan fingerprint density at radius 2 is 1.53 bits per heavy atom. The lowest BCUT2D eigenvalue weighted by molar-refractivity contribution is 0.0895. The van der Waals surface area contributed by atoms with Crippen LogP contribution < -0.4 is 10.5 Å². The van der Waals surface area contributed by atoms with Crippen LogP contribution in [-0.2, 0) is 6.54 Å². The first-order valence-corrected chi connectivity index (χ1v) is 9.55. The first-order valence-electron chi connectivity index (χ1n) is 9.55. The second kappa shape index (κ2) is 8.12. The number of nitrogens with zero attached hydrogens (tertiary/aromatic N) is 4. The molecule has 0 atom stereocenters. The minimum atomic E-state index is -0.589. The van der Waals surface area contributed by atoms with Gasteiger partial charge in [0.25, 0.3) is 17.4 Å². The molecule has 150 valence electrons. The Morgan fingerprint density at radius 1 is 0.967 bits per heavy atom. The quantitative estimate of drug-likeness (QED) is 0.518. The number of aromatic amines is 1. The lowest BCUT2D eigenvalue weighted by Gasteiger charge is -2.19. The van der Waals surface area contributed by atoms with Crippen LogP contribution in [0, 0.1) is 0 Å². The summed E-state index contributed by atoms with van der Waals surface area (Å²) in [6.07, 6.45) is 2.22. The fourth-order valence-corrected chi connectivity index (χ4v) is 3.14. The number of hydrogen-bond donors (Lipinski definition) is 1. The first kappa shape index (κ1) is 19.3. The molecule has 30 heavy (non-hydrogen) atoms. The summed E-state index contributed by atoms with van der Waals surface area (Å²) in [6, 6.07) is 16.8. The maximum absolute atomic E-state index is 13.3. The van der Waals surface area contributed by atoms with E-state index in [9.17, 15) is 14.4 Å². The summed E-state index contributed by atoms with van der Waals surface area (Å²) in [4.78, 5) is 47.1. The molecule has 0 saturated carbocycles. The third-order valence-corrected chi connectivity index (χ3v) is 4.59. The summed E-state index contributed by atoms with van der Waals surface area (Å²) in [6.45, 7) is 2.53. The van der Waals surface area contributed by atoms with Crippen LogP contribution in [-0.4, -0.2) is 31.6 Å². The minimum absolute atomic E-state index is 0.145. The van der Waals surface area contributed by atoms with Crippen LogP contribution in [0.5, 0.6) is 0 Å². The topological polar surface area (TPSA) is 101 Å². The normalized spacial score (nSPS) is 10.8. The highest BCUT2D eigenvalue weighted by Crippen LogP contribution is 2.18. The van der Waals surface area contributed by atoms with Crippen molar-refractivity contribution < 1.29 is 9.59 Å². The molecule has 0 aliphatic rings. The van der Waals surface area contributed by atoms with Crippen molar-refractivity contribution in [2.45, 2.75) is 19.9 Å². The standard InChI is InChI=1S/C22H19N5O3/c1-2-13-26-18-17(14-23-26)19(28)25-22(24-18)27(20(29)15-9-5-3-6-10-15)21(30)16-11-7-4-8-12-16/h3-12,14H,2,13H2,1H3,(H,24,25,28). The molecule has 0 spiro atoms. The molecule has 2 aromatic carbocycles. The van der Waals surface area contributed by atoms with Gasteiger partial charge in [0, 0.05) is 17.7 Å². The Hall–Kier alpha value is -4.07. The summed E-state index contributed by atoms with van der Waals surface area (Å²) < 4.78 is 1.59. The molecular formula is C22H19N5O3. The zero-order valence-electron chi connectivity index (χ0n) is 16.3. The number of hydrogen-bond acceptors (Lipinski definition) is 5. The van der Waals surface area contributed by atoms with Gasteiger partial charge in [-0.1, -0.05) is 43.3 Å². The zero-order valence-corrected chi connectivity index (χ0v) is 16.3. The fourth-order valence-electron chi connectivity index (χ4n) is 3.14. The van der Waals surface area contributed by atoms with E-state index < -0.39 is 17.4 Å². The number of aromatic nitrogens is 4. The number of benzene rings is 2. The molecule has 0 radical (unpaired) electrons. The van der Waals surface area contributed by atoms with Gasteiger partial charge >= 0.3 is 0 Å².